The fourth-order valence-corrected chi connectivity index (χ4v) is 1.65. The molecule has 0 bridgehead atoms. The molecule has 0 aromatic heterocycles. The summed E-state index contributed by atoms with van der Waals surface area (Å²) in [5.74, 6) is 0.319. The smallest absolute Gasteiger partial charge is 0.277 e. The second-order valence-corrected chi connectivity index (χ2v) is 4.51. The quantitative estimate of drug-likeness (QED) is 0.427. The lowest BCUT2D eigenvalue weighted by molar-refractivity contribution is -0.123. The van der Waals surface area contributed by atoms with Crippen LogP contribution in [0.3, 0.4) is 0 Å². The Hall–Kier alpha value is -3.22. The first-order valence-corrected chi connectivity index (χ1v) is 6.69. The number of carbonyl (C=O) groups excluding carboxylic acids is 1. The lowest BCUT2D eigenvalue weighted by Gasteiger charge is -2.05. The van der Waals surface area contributed by atoms with Gasteiger partial charge >= 0.3 is 0 Å². The van der Waals surface area contributed by atoms with Gasteiger partial charge in [0, 0.05) is 0 Å². The van der Waals surface area contributed by atoms with Crippen molar-refractivity contribution in [1.82, 2.24) is 5.43 Å². The predicted octanol–water partition coefficient (Wildman–Crippen LogP) is 1.64. The Bertz CT molecular complexity index is 698. The fraction of sp³-hybridized carbons (Fsp3) is 0.125. The van der Waals surface area contributed by atoms with E-state index in [1.165, 1.54) is 18.3 Å². The summed E-state index contributed by atoms with van der Waals surface area (Å²) in [6.07, 6.45) is 1.34. The molecule has 0 aliphatic rings. The second-order valence-electron chi connectivity index (χ2n) is 4.51. The average Bonchev–Trinajstić information content (AvgIpc) is 2.56. The molecule has 0 radical (unpaired) electrons. The van der Waals surface area contributed by atoms with Crippen LogP contribution < -0.4 is 14.9 Å². The molecule has 0 spiro atoms. The van der Waals surface area contributed by atoms with E-state index in [1.54, 1.807) is 37.4 Å². The number of phenolic OH excluding ortho intramolecular Hbond substituents is 2. The van der Waals surface area contributed by atoms with Gasteiger partial charge in [-0.3, -0.25) is 4.79 Å². The minimum absolute atomic E-state index is 0.190. The van der Waals surface area contributed by atoms with E-state index in [1.807, 2.05) is 0 Å². The van der Waals surface area contributed by atoms with Gasteiger partial charge in [-0.25, -0.2) is 5.43 Å². The van der Waals surface area contributed by atoms with Gasteiger partial charge in [0.05, 0.1) is 13.3 Å². The van der Waals surface area contributed by atoms with E-state index in [-0.39, 0.29) is 18.1 Å². The number of hydrogen-bond donors (Lipinski definition) is 3. The van der Waals surface area contributed by atoms with E-state index < -0.39 is 5.91 Å². The number of benzene rings is 2. The van der Waals surface area contributed by atoms with Crippen molar-refractivity contribution in [2.24, 2.45) is 5.10 Å². The lowest BCUT2D eigenvalue weighted by atomic mass is 10.2. The number of methoxy groups -OCH3 is 1. The molecule has 0 aliphatic heterocycles. The van der Waals surface area contributed by atoms with Crippen molar-refractivity contribution in [1.29, 1.82) is 0 Å². The van der Waals surface area contributed by atoms with Crippen molar-refractivity contribution in [3.8, 4) is 23.0 Å². The molecular weight excluding hydrogens is 300 g/mol. The Labute approximate surface area is 132 Å². The van der Waals surface area contributed by atoms with Gasteiger partial charge in [-0.05, 0) is 48.0 Å². The topological polar surface area (TPSA) is 100 Å². The van der Waals surface area contributed by atoms with Crippen molar-refractivity contribution >= 4 is 12.1 Å². The molecule has 7 nitrogen and oxygen atoms in total. The molecule has 0 atom stereocenters. The zero-order valence-electron chi connectivity index (χ0n) is 12.4. The monoisotopic (exact) mass is 316 g/mol. The average molecular weight is 316 g/mol. The van der Waals surface area contributed by atoms with Gasteiger partial charge in [0.15, 0.2) is 18.1 Å². The van der Waals surface area contributed by atoms with E-state index >= 15 is 0 Å². The summed E-state index contributed by atoms with van der Waals surface area (Å²) in [5, 5.41) is 22.2. The molecule has 23 heavy (non-hydrogen) atoms. The van der Waals surface area contributed by atoms with Gasteiger partial charge in [-0.2, -0.15) is 5.10 Å². The third kappa shape index (κ3) is 4.92. The normalized spacial score (nSPS) is 10.5. The molecule has 120 valence electrons. The Kier molecular flexibility index (Phi) is 5.40. The van der Waals surface area contributed by atoms with Crippen LogP contribution in [0, 0.1) is 0 Å². The number of nitrogens with zero attached hydrogens (tertiary/aromatic N) is 1. The van der Waals surface area contributed by atoms with E-state index in [4.69, 9.17) is 9.47 Å². The van der Waals surface area contributed by atoms with Crippen LogP contribution >= 0.6 is 0 Å². The largest absolute Gasteiger partial charge is 0.504 e. The van der Waals surface area contributed by atoms with E-state index in [0.29, 0.717) is 17.1 Å². The maximum absolute atomic E-state index is 11.6. The van der Waals surface area contributed by atoms with Gasteiger partial charge in [0.1, 0.15) is 11.5 Å². The van der Waals surface area contributed by atoms with Crippen LogP contribution in [-0.2, 0) is 4.79 Å². The molecule has 0 aliphatic carbocycles. The number of nitrogens with one attached hydrogen (secondary N) is 1. The molecule has 3 N–H and O–H groups in total. The molecular formula is C16H16N2O5. The summed E-state index contributed by atoms with van der Waals surface area (Å²) < 4.78 is 10.3. The molecule has 2 aromatic carbocycles. The van der Waals surface area contributed by atoms with Gasteiger partial charge < -0.3 is 19.7 Å². The van der Waals surface area contributed by atoms with Gasteiger partial charge in [-0.1, -0.05) is 0 Å². The third-order valence-electron chi connectivity index (χ3n) is 2.83. The highest BCUT2D eigenvalue weighted by molar-refractivity contribution is 5.83. The minimum Gasteiger partial charge on any atom is -0.504 e. The first kappa shape index (κ1) is 16.2. The van der Waals surface area contributed by atoms with E-state index in [0.717, 1.165) is 0 Å². The molecule has 1 amide bonds. The van der Waals surface area contributed by atoms with Crippen molar-refractivity contribution in [2.45, 2.75) is 0 Å². The van der Waals surface area contributed by atoms with Crippen molar-refractivity contribution in [3.63, 3.8) is 0 Å². The van der Waals surface area contributed by atoms with Crippen LogP contribution in [0.2, 0.25) is 0 Å². The number of carbonyl (C=O) groups is 1. The first-order valence-electron chi connectivity index (χ1n) is 6.69. The number of phenols is 2. The molecule has 0 fully saturated rings. The van der Waals surface area contributed by atoms with Crippen LogP contribution in [0.4, 0.5) is 0 Å². The van der Waals surface area contributed by atoms with Crippen molar-refractivity contribution < 1.29 is 24.5 Å². The fourth-order valence-electron chi connectivity index (χ4n) is 1.65. The summed E-state index contributed by atoms with van der Waals surface area (Å²) in [6, 6.07) is 11.0. The zero-order chi connectivity index (χ0) is 16.7. The third-order valence-corrected chi connectivity index (χ3v) is 2.83. The second kappa shape index (κ2) is 7.69. The van der Waals surface area contributed by atoms with E-state index in [9.17, 15) is 15.0 Å². The number of ether oxygens (including phenoxy) is 2. The number of hydrogen-bond acceptors (Lipinski definition) is 6. The molecule has 0 unspecified atom stereocenters. The van der Waals surface area contributed by atoms with Crippen molar-refractivity contribution in [3.05, 3.63) is 48.0 Å². The Morgan fingerprint density at radius 3 is 2.48 bits per heavy atom. The zero-order valence-corrected chi connectivity index (χ0v) is 12.4. The SMILES string of the molecule is COc1ccc(OCC(=O)N/N=C/c2ccc(O)c(O)c2)cc1. The summed E-state index contributed by atoms with van der Waals surface area (Å²) in [5.41, 5.74) is 2.82. The Morgan fingerprint density at radius 1 is 1.13 bits per heavy atom. The Balaban J connectivity index is 1.79. The van der Waals surface area contributed by atoms with Crippen LogP contribution in [0.15, 0.2) is 47.6 Å². The highest BCUT2D eigenvalue weighted by Crippen LogP contribution is 2.23. The lowest BCUT2D eigenvalue weighted by Crippen LogP contribution is -2.24. The molecule has 0 heterocycles. The maximum Gasteiger partial charge on any atom is 0.277 e. The molecule has 0 saturated heterocycles. The van der Waals surface area contributed by atoms with Gasteiger partial charge in [0.2, 0.25) is 0 Å². The molecule has 2 aromatic rings. The summed E-state index contributed by atoms with van der Waals surface area (Å²) >= 11 is 0. The van der Waals surface area contributed by atoms with Crippen molar-refractivity contribution in [2.75, 3.05) is 13.7 Å². The molecule has 0 saturated carbocycles. The van der Waals surface area contributed by atoms with Crippen LogP contribution in [0.25, 0.3) is 0 Å². The van der Waals surface area contributed by atoms with Crippen LogP contribution in [0.1, 0.15) is 5.56 Å². The minimum atomic E-state index is -0.430. The number of rotatable bonds is 6. The highest BCUT2D eigenvalue weighted by Gasteiger charge is 2.02. The van der Waals surface area contributed by atoms with Crippen LogP contribution in [-0.4, -0.2) is 36.1 Å². The maximum atomic E-state index is 11.6. The molecule has 7 heteroatoms. The predicted molar refractivity (Wildman–Crippen MR) is 84.0 cm³/mol. The first-order chi connectivity index (χ1) is 11.1. The number of aromatic hydroxyl groups is 2. The standard InChI is InChI=1S/C16H16N2O5/c1-22-12-3-5-13(6-4-12)23-10-16(21)18-17-9-11-2-7-14(19)15(20)8-11/h2-9,19-20H,10H2,1H3,(H,18,21)/b17-9+. The van der Waals surface area contributed by atoms with Gasteiger partial charge in [0.25, 0.3) is 5.91 Å². The highest BCUT2D eigenvalue weighted by atomic mass is 16.5. The Morgan fingerprint density at radius 2 is 1.83 bits per heavy atom. The molecule has 2 rings (SSSR count). The summed E-state index contributed by atoms with van der Waals surface area (Å²) in [6.45, 7) is -0.190. The van der Waals surface area contributed by atoms with Gasteiger partial charge in [-0.15, -0.1) is 0 Å². The number of hydrazone groups is 1. The van der Waals surface area contributed by atoms with E-state index in [2.05, 4.69) is 10.5 Å². The number of amides is 1. The summed E-state index contributed by atoms with van der Waals surface area (Å²) in [7, 11) is 1.56. The van der Waals surface area contributed by atoms with Crippen LogP contribution in [0.5, 0.6) is 23.0 Å². The summed E-state index contributed by atoms with van der Waals surface area (Å²) in [4.78, 5) is 11.6.